The summed E-state index contributed by atoms with van der Waals surface area (Å²) in [4.78, 5) is 12.0. The maximum absolute atomic E-state index is 12.0. The van der Waals surface area contributed by atoms with Gasteiger partial charge in [0.2, 0.25) is 0 Å². The summed E-state index contributed by atoms with van der Waals surface area (Å²) in [5.41, 5.74) is 3.82. The molecule has 1 aromatic rings. The summed E-state index contributed by atoms with van der Waals surface area (Å²) < 4.78 is 0. The number of fused-ring (bicyclic) bond motifs is 1. The lowest BCUT2D eigenvalue weighted by molar-refractivity contribution is 0.0978. The summed E-state index contributed by atoms with van der Waals surface area (Å²) in [6.07, 6.45) is 8.17. The van der Waals surface area contributed by atoms with E-state index in [1.54, 1.807) is 0 Å². The summed E-state index contributed by atoms with van der Waals surface area (Å²) in [5.74, 6) is 1.21. The molecule has 0 aliphatic heterocycles. The normalized spacial score (nSPS) is 18.5. The van der Waals surface area contributed by atoms with Gasteiger partial charge in [-0.05, 0) is 48.8 Å². The summed E-state index contributed by atoms with van der Waals surface area (Å²) in [5, 5.41) is 0. The number of carbonyl (C=O) groups excluding carboxylic acids is 1. The number of carbonyl (C=O) groups is 1. The topological polar surface area (TPSA) is 17.1 Å². The highest BCUT2D eigenvalue weighted by molar-refractivity contribution is 5.96. The predicted molar refractivity (Wildman–Crippen MR) is 64.8 cm³/mol. The van der Waals surface area contributed by atoms with E-state index in [1.807, 2.05) is 6.07 Å². The first-order chi connectivity index (χ1) is 7.83. The molecule has 2 aliphatic rings. The van der Waals surface area contributed by atoms with E-state index >= 15 is 0 Å². The van der Waals surface area contributed by atoms with Crippen LogP contribution < -0.4 is 0 Å². The van der Waals surface area contributed by atoms with Crippen LogP contribution in [0.15, 0.2) is 18.2 Å². The molecule has 0 heterocycles. The van der Waals surface area contributed by atoms with E-state index in [2.05, 4.69) is 12.1 Å². The molecule has 0 spiro atoms. The van der Waals surface area contributed by atoms with Crippen molar-refractivity contribution in [1.82, 2.24) is 0 Å². The van der Waals surface area contributed by atoms with Crippen molar-refractivity contribution in [2.45, 2.75) is 44.9 Å². The Morgan fingerprint density at radius 3 is 2.81 bits per heavy atom. The third kappa shape index (κ3) is 2.04. The van der Waals surface area contributed by atoms with Crippen LogP contribution >= 0.6 is 0 Å². The first kappa shape index (κ1) is 10.1. The van der Waals surface area contributed by atoms with Crippen LogP contribution in [0, 0.1) is 5.92 Å². The first-order valence-corrected chi connectivity index (χ1v) is 6.48. The van der Waals surface area contributed by atoms with Crippen LogP contribution in [0.25, 0.3) is 0 Å². The molecule has 0 atom stereocenters. The number of rotatable bonds is 4. The molecule has 1 saturated carbocycles. The summed E-state index contributed by atoms with van der Waals surface area (Å²) >= 11 is 0. The van der Waals surface area contributed by atoms with Crippen molar-refractivity contribution in [3.8, 4) is 0 Å². The molecule has 84 valence electrons. The number of hydrogen-bond donors (Lipinski definition) is 0. The molecular formula is C15H18O. The minimum atomic E-state index is 0.349. The second-order valence-corrected chi connectivity index (χ2v) is 5.24. The third-order valence-electron chi connectivity index (χ3n) is 3.90. The Labute approximate surface area is 96.9 Å². The lowest BCUT2D eigenvalue weighted by atomic mass is 10.0. The molecule has 0 unspecified atom stereocenters. The van der Waals surface area contributed by atoms with Crippen molar-refractivity contribution in [3.05, 3.63) is 34.9 Å². The maximum atomic E-state index is 12.0. The fourth-order valence-electron chi connectivity index (χ4n) is 2.63. The summed E-state index contributed by atoms with van der Waals surface area (Å²) in [7, 11) is 0. The molecule has 1 heteroatoms. The second-order valence-electron chi connectivity index (χ2n) is 5.24. The number of ketones is 1. The Balaban J connectivity index is 1.70. The monoisotopic (exact) mass is 214 g/mol. The standard InChI is InChI=1S/C15H18O/c16-15(9-6-11-4-5-11)14-8-7-12-2-1-3-13(12)10-14/h7-8,10-11H,1-6,9H2. The van der Waals surface area contributed by atoms with Crippen molar-refractivity contribution in [1.29, 1.82) is 0 Å². The van der Waals surface area contributed by atoms with Gasteiger partial charge in [-0.15, -0.1) is 0 Å². The van der Waals surface area contributed by atoms with Crippen LogP contribution in [-0.4, -0.2) is 5.78 Å². The number of hydrogen-bond acceptors (Lipinski definition) is 1. The van der Waals surface area contributed by atoms with Crippen LogP contribution in [0.4, 0.5) is 0 Å². The summed E-state index contributed by atoms with van der Waals surface area (Å²) in [6.45, 7) is 0. The van der Waals surface area contributed by atoms with Gasteiger partial charge in [-0.25, -0.2) is 0 Å². The van der Waals surface area contributed by atoms with Crippen molar-refractivity contribution in [2.75, 3.05) is 0 Å². The van der Waals surface area contributed by atoms with Gasteiger partial charge in [0.1, 0.15) is 0 Å². The Kier molecular flexibility index (Phi) is 2.55. The third-order valence-corrected chi connectivity index (χ3v) is 3.90. The van der Waals surface area contributed by atoms with Crippen LogP contribution in [0.2, 0.25) is 0 Å². The molecular weight excluding hydrogens is 196 g/mol. The average molecular weight is 214 g/mol. The van der Waals surface area contributed by atoms with Gasteiger partial charge >= 0.3 is 0 Å². The van der Waals surface area contributed by atoms with E-state index in [0.717, 1.165) is 24.3 Å². The molecule has 1 fully saturated rings. The highest BCUT2D eigenvalue weighted by Crippen LogP contribution is 2.34. The molecule has 0 saturated heterocycles. The zero-order valence-corrected chi connectivity index (χ0v) is 9.67. The Bertz CT molecular complexity index is 415. The van der Waals surface area contributed by atoms with Gasteiger partial charge in [-0.1, -0.05) is 25.0 Å². The van der Waals surface area contributed by atoms with Gasteiger partial charge in [-0.3, -0.25) is 4.79 Å². The molecule has 16 heavy (non-hydrogen) atoms. The van der Waals surface area contributed by atoms with Crippen molar-refractivity contribution < 1.29 is 4.79 Å². The molecule has 0 bridgehead atoms. The number of benzene rings is 1. The molecule has 3 rings (SSSR count). The van der Waals surface area contributed by atoms with Crippen LogP contribution in [0.1, 0.15) is 53.6 Å². The second kappa shape index (κ2) is 4.04. The lowest BCUT2D eigenvalue weighted by Gasteiger charge is -2.04. The Hall–Kier alpha value is -1.11. The lowest BCUT2D eigenvalue weighted by Crippen LogP contribution is -2.00. The average Bonchev–Trinajstić information content (AvgIpc) is 3.01. The molecule has 2 aliphatic carbocycles. The molecule has 0 N–H and O–H groups in total. The summed E-state index contributed by atoms with van der Waals surface area (Å²) in [6, 6.07) is 6.32. The van der Waals surface area contributed by atoms with Crippen molar-refractivity contribution in [2.24, 2.45) is 5.92 Å². The molecule has 0 aromatic heterocycles. The largest absolute Gasteiger partial charge is 0.294 e. The first-order valence-electron chi connectivity index (χ1n) is 6.48. The van der Waals surface area contributed by atoms with Gasteiger partial charge in [0.25, 0.3) is 0 Å². The van der Waals surface area contributed by atoms with E-state index in [4.69, 9.17) is 0 Å². The maximum Gasteiger partial charge on any atom is 0.162 e. The highest BCUT2D eigenvalue weighted by Gasteiger charge is 2.22. The predicted octanol–water partition coefficient (Wildman–Crippen LogP) is 3.55. The zero-order chi connectivity index (χ0) is 11.0. The highest BCUT2D eigenvalue weighted by atomic mass is 16.1. The minimum Gasteiger partial charge on any atom is -0.294 e. The molecule has 0 radical (unpaired) electrons. The van der Waals surface area contributed by atoms with Crippen molar-refractivity contribution >= 4 is 5.78 Å². The van der Waals surface area contributed by atoms with E-state index < -0.39 is 0 Å². The minimum absolute atomic E-state index is 0.349. The van der Waals surface area contributed by atoms with Crippen LogP contribution in [-0.2, 0) is 12.8 Å². The Morgan fingerprint density at radius 2 is 2.00 bits per heavy atom. The Morgan fingerprint density at radius 1 is 1.19 bits per heavy atom. The van der Waals surface area contributed by atoms with E-state index in [0.29, 0.717) is 5.78 Å². The SMILES string of the molecule is O=C(CCC1CC1)c1ccc2c(c1)CCC2. The van der Waals surface area contributed by atoms with Gasteiger partial charge in [-0.2, -0.15) is 0 Å². The van der Waals surface area contributed by atoms with E-state index in [1.165, 1.54) is 43.2 Å². The van der Waals surface area contributed by atoms with Gasteiger partial charge in [0.05, 0.1) is 0 Å². The quantitative estimate of drug-likeness (QED) is 0.700. The molecule has 1 aromatic carbocycles. The van der Waals surface area contributed by atoms with Gasteiger partial charge in [0.15, 0.2) is 5.78 Å². The fraction of sp³-hybridized carbons (Fsp3) is 0.533. The van der Waals surface area contributed by atoms with Crippen LogP contribution in [0.3, 0.4) is 0 Å². The zero-order valence-electron chi connectivity index (χ0n) is 9.67. The van der Waals surface area contributed by atoms with E-state index in [9.17, 15) is 4.79 Å². The molecule has 1 nitrogen and oxygen atoms in total. The smallest absolute Gasteiger partial charge is 0.162 e. The number of aryl methyl sites for hydroxylation is 2. The van der Waals surface area contributed by atoms with Gasteiger partial charge < -0.3 is 0 Å². The number of Topliss-reactive ketones (excluding diaryl/α,β-unsaturated/α-hetero) is 1. The van der Waals surface area contributed by atoms with Crippen molar-refractivity contribution in [3.63, 3.8) is 0 Å². The fourth-order valence-corrected chi connectivity index (χ4v) is 2.63. The van der Waals surface area contributed by atoms with Gasteiger partial charge in [0, 0.05) is 12.0 Å². The van der Waals surface area contributed by atoms with Crippen LogP contribution in [0.5, 0.6) is 0 Å². The van der Waals surface area contributed by atoms with E-state index in [-0.39, 0.29) is 0 Å². The molecule has 0 amide bonds.